The highest BCUT2D eigenvalue weighted by atomic mass is 28.4. The Balaban J connectivity index is 2.05. The molecule has 0 spiro atoms. The highest BCUT2D eigenvalue weighted by molar-refractivity contribution is 6.99. The first-order valence-corrected chi connectivity index (χ1v) is 22.4. The zero-order valence-electron chi connectivity index (χ0n) is 31.7. The molecule has 2 atom stereocenters. The molecule has 3 aromatic rings. The molecular weight excluding hydrogens is 641 g/mol. The minimum atomic E-state index is -2.81. The van der Waals surface area contributed by atoms with Gasteiger partial charge >= 0.3 is 5.97 Å². The molecule has 0 saturated carbocycles. The van der Waals surface area contributed by atoms with E-state index < -0.39 is 28.9 Å². The van der Waals surface area contributed by atoms with Crippen LogP contribution in [0.25, 0.3) is 0 Å². The number of hydrogen-bond donors (Lipinski definition) is 0. The number of carbonyl (C=O) groups excluding carboxylic acids is 1. The van der Waals surface area contributed by atoms with Crippen molar-refractivity contribution in [3.8, 4) is 0 Å². The molecule has 0 N–H and O–H groups in total. The van der Waals surface area contributed by atoms with Crippen LogP contribution in [0.15, 0.2) is 115 Å². The van der Waals surface area contributed by atoms with Gasteiger partial charge in [0.1, 0.15) is 0 Å². The average molecular weight is 701 g/mol. The maximum absolute atomic E-state index is 12.5. The second-order valence-electron chi connectivity index (χ2n) is 15.6. The lowest BCUT2D eigenvalue weighted by Crippen LogP contribution is -2.66. The molecule has 0 radical (unpaired) electrons. The summed E-state index contributed by atoms with van der Waals surface area (Å²) in [4.78, 5) is 12.5. The lowest BCUT2D eigenvalue weighted by Gasteiger charge is -2.43. The summed E-state index contributed by atoms with van der Waals surface area (Å²) in [5, 5.41) is 2.23. The van der Waals surface area contributed by atoms with E-state index >= 15 is 0 Å². The molecule has 2 unspecified atom stereocenters. The molecule has 0 fully saturated rings. The maximum Gasteiger partial charge on any atom is 0.304 e. The van der Waals surface area contributed by atoms with Crippen molar-refractivity contribution in [2.75, 3.05) is 6.61 Å². The molecule has 0 heterocycles. The van der Waals surface area contributed by atoms with Crippen molar-refractivity contribution < 1.29 is 23.1 Å². The van der Waals surface area contributed by atoms with Gasteiger partial charge in [0.15, 0.2) is 0 Å². The third-order valence-electron chi connectivity index (χ3n) is 9.60. The van der Waals surface area contributed by atoms with Gasteiger partial charge in [0.25, 0.3) is 8.32 Å². The topological polar surface area (TPSA) is 54.0 Å². The number of hydrogen-bond acceptors (Lipinski definition) is 5. The number of esters is 1. The highest BCUT2D eigenvalue weighted by Gasteiger charge is 2.50. The van der Waals surface area contributed by atoms with E-state index in [1.807, 2.05) is 24.3 Å². The largest absolute Gasteiger partial charge is 0.546 e. The van der Waals surface area contributed by atoms with E-state index in [1.165, 1.54) is 22.9 Å². The first-order chi connectivity index (χ1) is 23.0. The van der Waals surface area contributed by atoms with Crippen molar-refractivity contribution in [3.63, 3.8) is 0 Å². The fourth-order valence-corrected chi connectivity index (χ4v) is 11.7. The van der Waals surface area contributed by atoms with Gasteiger partial charge in [0.05, 0.1) is 24.9 Å². The molecule has 266 valence electrons. The van der Waals surface area contributed by atoms with Crippen molar-refractivity contribution in [3.05, 3.63) is 121 Å². The van der Waals surface area contributed by atoms with E-state index in [4.69, 9.17) is 18.3 Å². The molecule has 0 saturated heterocycles. The number of benzene rings is 3. The van der Waals surface area contributed by atoms with Gasteiger partial charge in [0.2, 0.25) is 14.6 Å². The molecule has 0 amide bonds. The van der Waals surface area contributed by atoms with Gasteiger partial charge in [-0.1, -0.05) is 139 Å². The monoisotopic (exact) mass is 700 g/mol. The summed E-state index contributed by atoms with van der Waals surface area (Å²) >= 11 is 0. The Morgan fingerprint density at radius 3 is 1.76 bits per heavy atom. The standard InChI is InChI=1S/C42H60O5Si2/c1-12-22-36(30-29-35-23-16-13-17-24-35)46-40(45-34(3)43)31-39(47-48(10,11)41(4,5)6)33(2)32-44-49(42(7,8)9,37-25-18-14-19-26-37)38-27-20-15-21-28-38/h12-21,23-28,36,40H,1,22,29-32H2,2-11H3/b39-33-. The van der Waals surface area contributed by atoms with E-state index in [2.05, 4.69) is 141 Å². The van der Waals surface area contributed by atoms with Crippen LogP contribution in [0.1, 0.15) is 80.2 Å². The van der Waals surface area contributed by atoms with Gasteiger partial charge in [-0.15, -0.1) is 6.58 Å². The molecule has 49 heavy (non-hydrogen) atoms. The van der Waals surface area contributed by atoms with E-state index in [0.29, 0.717) is 19.4 Å². The van der Waals surface area contributed by atoms with E-state index in [1.54, 1.807) is 0 Å². The van der Waals surface area contributed by atoms with Crippen LogP contribution in [0.5, 0.6) is 0 Å². The molecule has 3 rings (SSSR count). The Labute approximate surface area is 299 Å². The van der Waals surface area contributed by atoms with E-state index in [-0.39, 0.29) is 16.2 Å². The minimum absolute atomic E-state index is 0.0454. The summed E-state index contributed by atoms with van der Waals surface area (Å²) in [6.45, 7) is 25.9. The summed E-state index contributed by atoms with van der Waals surface area (Å²) in [5.74, 6) is 0.384. The predicted octanol–water partition coefficient (Wildman–Crippen LogP) is 9.73. The average Bonchev–Trinajstić information content (AvgIpc) is 3.03. The zero-order chi connectivity index (χ0) is 36.3. The highest BCUT2D eigenvalue weighted by Crippen LogP contribution is 2.40. The predicted molar refractivity (Wildman–Crippen MR) is 209 cm³/mol. The van der Waals surface area contributed by atoms with Crippen LogP contribution < -0.4 is 10.4 Å². The fourth-order valence-electron chi connectivity index (χ4n) is 5.89. The van der Waals surface area contributed by atoms with Crippen LogP contribution in [0, 0.1) is 0 Å². The van der Waals surface area contributed by atoms with Crippen molar-refractivity contribution >= 4 is 33.0 Å². The summed E-state index contributed by atoms with van der Waals surface area (Å²) < 4.78 is 26.9. The normalized spacial score (nSPS) is 14.4. The summed E-state index contributed by atoms with van der Waals surface area (Å²) in [6.07, 6.45) is 3.42. The van der Waals surface area contributed by atoms with Crippen LogP contribution in [0.4, 0.5) is 0 Å². The lowest BCUT2D eigenvalue weighted by atomic mass is 10.0. The van der Waals surface area contributed by atoms with Gasteiger partial charge in [-0.2, -0.15) is 0 Å². The Morgan fingerprint density at radius 1 is 0.796 bits per heavy atom. The number of rotatable bonds is 17. The summed E-state index contributed by atoms with van der Waals surface area (Å²) in [6, 6.07) is 31.7. The maximum atomic E-state index is 12.5. The van der Waals surface area contributed by atoms with Gasteiger partial charge in [-0.3, -0.25) is 4.79 Å². The van der Waals surface area contributed by atoms with Gasteiger partial charge in [-0.05, 0) is 70.9 Å². The first kappa shape index (κ1) is 40.2. The second kappa shape index (κ2) is 17.6. The molecule has 3 aromatic carbocycles. The molecule has 0 bridgehead atoms. The fraction of sp³-hybridized carbons (Fsp3) is 0.452. The van der Waals surface area contributed by atoms with Crippen molar-refractivity contribution in [1.29, 1.82) is 0 Å². The molecule has 0 aliphatic heterocycles. The van der Waals surface area contributed by atoms with E-state index in [0.717, 1.165) is 24.2 Å². The van der Waals surface area contributed by atoms with E-state index in [9.17, 15) is 4.79 Å². The second-order valence-corrected chi connectivity index (χ2v) is 24.6. The molecular formula is C42H60O5Si2. The van der Waals surface area contributed by atoms with Crippen LogP contribution in [-0.4, -0.2) is 41.6 Å². The molecule has 0 aliphatic rings. The van der Waals surface area contributed by atoms with Gasteiger partial charge < -0.3 is 18.3 Å². The van der Waals surface area contributed by atoms with Crippen LogP contribution in [0.2, 0.25) is 23.2 Å². The Hall–Kier alpha value is -3.24. The number of carbonyl (C=O) groups is 1. The Morgan fingerprint density at radius 2 is 1.31 bits per heavy atom. The quantitative estimate of drug-likeness (QED) is 0.0462. The zero-order valence-corrected chi connectivity index (χ0v) is 33.7. The Bertz CT molecular complexity index is 1450. The molecule has 7 heteroatoms. The summed E-state index contributed by atoms with van der Waals surface area (Å²) in [5.41, 5.74) is 2.21. The summed E-state index contributed by atoms with van der Waals surface area (Å²) in [7, 11) is -5.11. The van der Waals surface area contributed by atoms with Crippen LogP contribution in [0.3, 0.4) is 0 Å². The first-order valence-electron chi connectivity index (χ1n) is 17.6. The molecule has 0 aliphatic carbocycles. The third-order valence-corrected chi connectivity index (χ3v) is 19.0. The minimum Gasteiger partial charge on any atom is -0.546 e. The lowest BCUT2D eigenvalue weighted by molar-refractivity contribution is -0.188. The van der Waals surface area contributed by atoms with Crippen molar-refractivity contribution in [2.45, 2.75) is 117 Å². The number of ether oxygens (including phenoxy) is 2. The smallest absolute Gasteiger partial charge is 0.304 e. The number of aryl methyl sites for hydroxylation is 1. The molecule has 0 aromatic heterocycles. The van der Waals surface area contributed by atoms with Crippen molar-refractivity contribution in [1.82, 2.24) is 0 Å². The Kier molecular flexibility index (Phi) is 14.5. The van der Waals surface area contributed by atoms with Gasteiger partial charge in [0, 0.05) is 6.92 Å². The van der Waals surface area contributed by atoms with Crippen molar-refractivity contribution in [2.24, 2.45) is 0 Å². The van der Waals surface area contributed by atoms with Crippen LogP contribution in [-0.2, 0) is 29.5 Å². The molecule has 5 nitrogen and oxygen atoms in total. The third kappa shape index (κ3) is 11.1. The van der Waals surface area contributed by atoms with Gasteiger partial charge in [-0.25, -0.2) is 0 Å². The SMILES string of the molecule is C=CCC(CCc1ccccc1)OC(C/C(O[Si](C)(C)C(C)(C)C)=C(\C)CO[Si](c1ccccc1)(c1ccccc1)C(C)(C)C)OC(C)=O. The van der Waals surface area contributed by atoms with Crippen LogP contribution >= 0.6 is 0 Å².